The van der Waals surface area contributed by atoms with E-state index in [4.69, 9.17) is 17.3 Å². The molecule has 0 atom stereocenters. The summed E-state index contributed by atoms with van der Waals surface area (Å²) in [6.45, 7) is 1.90. The van der Waals surface area contributed by atoms with Gasteiger partial charge in [0.2, 0.25) is 0 Å². The number of nitrogens with one attached hydrogen (secondary N) is 1. The Morgan fingerprint density at radius 1 is 1.41 bits per heavy atom. The molecule has 0 bridgehead atoms. The van der Waals surface area contributed by atoms with Crippen LogP contribution in [0.2, 0.25) is 5.02 Å². The molecule has 0 aliphatic heterocycles. The van der Waals surface area contributed by atoms with Crippen molar-refractivity contribution in [2.24, 2.45) is 0 Å². The van der Waals surface area contributed by atoms with Gasteiger partial charge in [0, 0.05) is 5.69 Å². The molecule has 0 aliphatic rings. The highest BCUT2D eigenvalue weighted by molar-refractivity contribution is 7.12. The van der Waals surface area contributed by atoms with Gasteiger partial charge in [-0.05, 0) is 42.1 Å². The molecule has 0 saturated heterocycles. The van der Waals surface area contributed by atoms with Gasteiger partial charge in [-0.1, -0.05) is 11.6 Å². The number of halogens is 1. The smallest absolute Gasteiger partial charge is 0.265 e. The first-order valence-corrected chi connectivity index (χ1v) is 6.24. The summed E-state index contributed by atoms with van der Waals surface area (Å²) in [5.41, 5.74) is 7.73. The zero-order chi connectivity index (χ0) is 12.4. The number of aryl methyl sites for hydroxylation is 1. The third kappa shape index (κ3) is 2.60. The van der Waals surface area contributed by atoms with E-state index in [9.17, 15) is 4.79 Å². The van der Waals surface area contributed by atoms with E-state index in [1.165, 1.54) is 11.3 Å². The van der Waals surface area contributed by atoms with Crippen LogP contribution >= 0.6 is 22.9 Å². The zero-order valence-corrected chi connectivity index (χ0v) is 10.7. The summed E-state index contributed by atoms with van der Waals surface area (Å²) in [6.07, 6.45) is 0. The minimum Gasteiger partial charge on any atom is -0.397 e. The van der Waals surface area contributed by atoms with Gasteiger partial charge in [-0.2, -0.15) is 0 Å². The van der Waals surface area contributed by atoms with Crippen molar-refractivity contribution in [1.29, 1.82) is 0 Å². The molecule has 3 nitrogen and oxygen atoms in total. The quantitative estimate of drug-likeness (QED) is 0.817. The molecule has 5 heteroatoms. The molecular formula is C12H11ClN2OS. The largest absolute Gasteiger partial charge is 0.397 e. The summed E-state index contributed by atoms with van der Waals surface area (Å²) >= 11 is 7.22. The number of carbonyl (C=O) groups is 1. The summed E-state index contributed by atoms with van der Waals surface area (Å²) in [6, 6.07) is 6.94. The molecule has 2 aromatic rings. The lowest BCUT2D eigenvalue weighted by atomic mass is 10.2. The molecular weight excluding hydrogens is 256 g/mol. The first-order valence-electron chi connectivity index (χ1n) is 4.98. The predicted molar refractivity (Wildman–Crippen MR) is 72.9 cm³/mol. The average molecular weight is 267 g/mol. The SMILES string of the molecule is Cc1ccsc1C(=O)Nc1ccc(Cl)c(N)c1. The van der Waals surface area contributed by atoms with Crippen molar-refractivity contribution in [3.05, 3.63) is 45.1 Å². The second-order valence-electron chi connectivity index (χ2n) is 3.62. The van der Waals surface area contributed by atoms with Gasteiger partial charge in [0.05, 0.1) is 15.6 Å². The Balaban J connectivity index is 2.19. The molecule has 0 unspecified atom stereocenters. The number of anilines is 2. The molecule has 1 amide bonds. The first kappa shape index (κ1) is 12.0. The molecule has 1 heterocycles. The molecule has 3 N–H and O–H groups in total. The van der Waals surface area contributed by atoms with Crippen LogP contribution < -0.4 is 11.1 Å². The maximum Gasteiger partial charge on any atom is 0.265 e. The van der Waals surface area contributed by atoms with Crippen molar-refractivity contribution < 1.29 is 4.79 Å². The number of benzene rings is 1. The molecule has 0 aliphatic carbocycles. The van der Waals surface area contributed by atoms with Gasteiger partial charge in [0.1, 0.15) is 0 Å². The Morgan fingerprint density at radius 3 is 2.76 bits per heavy atom. The van der Waals surface area contributed by atoms with E-state index in [1.807, 2.05) is 18.4 Å². The zero-order valence-electron chi connectivity index (χ0n) is 9.16. The lowest BCUT2D eigenvalue weighted by molar-refractivity contribution is 0.103. The Bertz CT molecular complexity index is 565. The third-order valence-corrected chi connectivity index (χ3v) is 3.68. The number of amides is 1. The van der Waals surface area contributed by atoms with E-state index in [-0.39, 0.29) is 5.91 Å². The molecule has 1 aromatic heterocycles. The number of carbonyl (C=O) groups excluding carboxylic acids is 1. The van der Waals surface area contributed by atoms with Crippen molar-refractivity contribution in [2.75, 3.05) is 11.1 Å². The lowest BCUT2D eigenvalue weighted by Gasteiger charge is -2.06. The van der Waals surface area contributed by atoms with Crippen molar-refractivity contribution in [3.63, 3.8) is 0 Å². The normalized spacial score (nSPS) is 10.2. The predicted octanol–water partition coefficient (Wildman–Crippen LogP) is 3.54. The summed E-state index contributed by atoms with van der Waals surface area (Å²) in [5, 5.41) is 5.16. The Labute approximate surface area is 108 Å². The van der Waals surface area contributed by atoms with Crippen LogP contribution in [0.4, 0.5) is 11.4 Å². The minimum absolute atomic E-state index is 0.126. The van der Waals surface area contributed by atoms with E-state index < -0.39 is 0 Å². The molecule has 88 valence electrons. The van der Waals surface area contributed by atoms with E-state index in [1.54, 1.807) is 18.2 Å². The van der Waals surface area contributed by atoms with Crippen molar-refractivity contribution in [3.8, 4) is 0 Å². The maximum absolute atomic E-state index is 11.9. The van der Waals surface area contributed by atoms with E-state index >= 15 is 0 Å². The van der Waals surface area contributed by atoms with Crippen LogP contribution in [0.15, 0.2) is 29.6 Å². The van der Waals surface area contributed by atoms with E-state index in [2.05, 4.69) is 5.32 Å². The van der Waals surface area contributed by atoms with Gasteiger partial charge >= 0.3 is 0 Å². The number of thiophene rings is 1. The van der Waals surface area contributed by atoms with Crippen LogP contribution in [-0.2, 0) is 0 Å². The van der Waals surface area contributed by atoms with Gasteiger partial charge < -0.3 is 11.1 Å². The summed E-state index contributed by atoms with van der Waals surface area (Å²) < 4.78 is 0. The number of hydrogen-bond acceptors (Lipinski definition) is 3. The fourth-order valence-corrected chi connectivity index (χ4v) is 2.35. The van der Waals surface area contributed by atoms with Crippen molar-refractivity contribution >= 4 is 40.2 Å². The molecule has 17 heavy (non-hydrogen) atoms. The van der Waals surface area contributed by atoms with Crippen molar-refractivity contribution in [2.45, 2.75) is 6.92 Å². The van der Waals surface area contributed by atoms with Crippen LogP contribution in [0.1, 0.15) is 15.2 Å². The topological polar surface area (TPSA) is 55.1 Å². The average Bonchev–Trinajstić information content (AvgIpc) is 2.70. The number of rotatable bonds is 2. The second-order valence-corrected chi connectivity index (χ2v) is 4.95. The van der Waals surface area contributed by atoms with Gasteiger partial charge in [-0.25, -0.2) is 0 Å². The Kier molecular flexibility index (Phi) is 3.36. The summed E-state index contributed by atoms with van der Waals surface area (Å²) in [4.78, 5) is 12.6. The van der Waals surface area contributed by atoms with Crippen LogP contribution in [-0.4, -0.2) is 5.91 Å². The Hall–Kier alpha value is -1.52. The molecule has 0 saturated carbocycles. The van der Waals surface area contributed by atoms with E-state index in [0.717, 1.165) is 5.56 Å². The fourth-order valence-electron chi connectivity index (χ4n) is 1.41. The van der Waals surface area contributed by atoms with Crippen LogP contribution in [0.5, 0.6) is 0 Å². The molecule has 1 aromatic carbocycles. The number of nitrogen functional groups attached to an aromatic ring is 1. The highest BCUT2D eigenvalue weighted by Gasteiger charge is 2.10. The highest BCUT2D eigenvalue weighted by Crippen LogP contribution is 2.23. The fraction of sp³-hybridized carbons (Fsp3) is 0.0833. The van der Waals surface area contributed by atoms with Crippen LogP contribution in [0, 0.1) is 6.92 Å². The van der Waals surface area contributed by atoms with Gasteiger partial charge in [-0.15, -0.1) is 11.3 Å². The minimum atomic E-state index is -0.126. The van der Waals surface area contributed by atoms with Gasteiger partial charge in [0.25, 0.3) is 5.91 Å². The summed E-state index contributed by atoms with van der Waals surface area (Å²) in [7, 11) is 0. The standard InChI is InChI=1S/C12H11ClN2OS/c1-7-4-5-17-11(7)12(16)15-8-2-3-9(13)10(14)6-8/h2-6H,14H2,1H3,(H,15,16). The highest BCUT2D eigenvalue weighted by atomic mass is 35.5. The second kappa shape index (κ2) is 4.77. The molecule has 0 spiro atoms. The monoisotopic (exact) mass is 266 g/mol. The maximum atomic E-state index is 11.9. The number of hydrogen-bond donors (Lipinski definition) is 2. The molecule has 0 radical (unpaired) electrons. The molecule has 0 fully saturated rings. The van der Waals surface area contributed by atoms with Crippen LogP contribution in [0.3, 0.4) is 0 Å². The van der Waals surface area contributed by atoms with Crippen molar-refractivity contribution in [1.82, 2.24) is 0 Å². The van der Waals surface area contributed by atoms with Crippen LogP contribution in [0.25, 0.3) is 0 Å². The summed E-state index contributed by atoms with van der Waals surface area (Å²) in [5.74, 6) is -0.126. The van der Waals surface area contributed by atoms with Gasteiger partial charge in [0.15, 0.2) is 0 Å². The Morgan fingerprint density at radius 2 is 2.18 bits per heavy atom. The lowest BCUT2D eigenvalue weighted by Crippen LogP contribution is -2.11. The first-order chi connectivity index (χ1) is 8.08. The molecule has 2 rings (SSSR count). The third-order valence-electron chi connectivity index (χ3n) is 2.32. The van der Waals surface area contributed by atoms with Gasteiger partial charge in [-0.3, -0.25) is 4.79 Å². The van der Waals surface area contributed by atoms with E-state index in [0.29, 0.717) is 21.3 Å². The number of nitrogens with two attached hydrogens (primary N) is 1.